The number of hydrogen-bond donors (Lipinski definition) is 2. The summed E-state index contributed by atoms with van der Waals surface area (Å²) in [7, 11) is 0. The Morgan fingerprint density at radius 2 is 1.94 bits per heavy atom. The summed E-state index contributed by atoms with van der Waals surface area (Å²) < 4.78 is 32.8. The molecule has 1 atom stereocenters. The quantitative estimate of drug-likeness (QED) is 0.423. The summed E-state index contributed by atoms with van der Waals surface area (Å²) >= 11 is 0. The van der Waals surface area contributed by atoms with Crippen LogP contribution in [0, 0.1) is 5.82 Å². The van der Waals surface area contributed by atoms with Gasteiger partial charge in [0.15, 0.2) is 0 Å². The molecule has 1 aliphatic heterocycles. The van der Waals surface area contributed by atoms with E-state index in [0.717, 1.165) is 52.7 Å². The maximum atomic E-state index is 13.8. The van der Waals surface area contributed by atoms with Gasteiger partial charge in [0.25, 0.3) is 0 Å². The van der Waals surface area contributed by atoms with Crippen LogP contribution in [-0.4, -0.2) is 47.7 Å². The van der Waals surface area contributed by atoms with E-state index in [0.29, 0.717) is 37.5 Å². The van der Waals surface area contributed by atoms with Gasteiger partial charge in [-0.2, -0.15) is 0 Å². The molecule has 2 heterocycles. The topological polar surface area (TPSA) is 71.4 Å². The highest BCUT2D eigenvalue weighted by atomic mass is 19.1. The van der Waals surface area contributed by atoms with E-state index in [1.54, 1.807) is 18.2 Å². The number of amides is 1. The number of carbonyl (C=O) groups is 1. The summed E-state index contributed by atoms with van der Waals surface area (Å²) in [5.41, 5.74) is 10.1. The molecule has 0 spiro atoms. The van der Waals surface area contributed by atoms with Gasteiger partial charge in [-0.25, -0.2) is 4.39 Å². The lowest BCUT2D eigenvalue weighted by Gasteiger charge is -2.44. The first-order chi connectivity index (χ1) is 17.0. The number of nitrogens with two attached hydrogens (primary N) is 1. The second-order valence-electron chi connectivity index (χ2n) is 9.84. The van der Waals surface area contributed by atoms with Gasteiger partial charge in [0, 0.05) is 40.3 Å². The van der Waals surface area contributed by atoms with E-state index >= 15 is 0 Å². The van der Waals surface area contributed by atoms with Crippen LogP contribution < -0.4 is 10.5 Å². The first kappa shape index (κ1) is 23.8. The Morgan fingerprint density at radius 3 is 2.69 bits per heavy atom. The summed E-state index contributed by atoms with van der Waals surface area (Å²) in [6.45, 7) is 1.07. The van der Waals surface area contributed by atoms with Gasteiger partial charge in [-0.05, 0) is 86.9 Å². The lowest BCUT2D eigenvalue weighted by molar-refractivity contribution is 0.0431. The third-order valence-corrected chi connectivity index (χ3v) is 7.65. The van der Waals surface area contributed by atoms with Gasteiger partial charge in [-0.3, -0.25) is 14.1 Å². The zero-order valence-electron chi connectivity index (χ0n) is 20.0. The van der Waals surface area contributed by atoms with Crippen molar-refractivity contribution < 1.29 is 18.3 Å². The fraction of sp³-hybridized carbons (Fsp3) is 0.464. The Balaban J connectivity index is 1.32. The monoisotopic (exact) mass is 481 g/mol. The minimum Gasteiger partial charge on any atom is -0.491 e. The zero-order chi connectivity index (χ0) is 24.4. The number of primary amides is 1. The van der Waals surface area contributed by atoms with Crippen LogP contribution in [0.5, 0.6) is 5.75 Å². The van der Waals surface area contributed by atoms with Gasteiger partial charge < -0.3 is 15.5 Å². The van der Waals surface area contributed by atoms with Gasteiger partial charge in [0.05, 0.1) is 6.67 Å². The van der Waals surface area contributed by atoms with Crippen molar-refractivity contribution in [2.75, 3.05) is 19.8 Å². The number of benzene rings is 2. The molecule has 2 aromatic carbocycles. The predicted molar refractivity (Wildman–Crippen MR) is 133 cm³/mol. The van der Waals surface area contributed by atoms with E-state index in [1.807, 2.05) is 12.3 Å². The minimum absolute atomic E-state index is 0.155. The third kappa shape index (κ3) is 4.92. The van der Waals surface area contributed by atoms with Crippen LogP contribution in [-0.2, 0) is 19.3 Å². The summed E-state index contributed by atoms with van der Waals surface area (Å²) in [5.74, 6) is 0.0493. The second-order valence-corrected chi connectivity index (χ2v) is 9.84. The van der Waals surface area contributed by atoms with Crippen LogP contribution in [0.3, 0.4) is 0 Å². The fourth-order valence-corrected chi connectivity index (χ4v) is 5.62. The Kier molecular flexibility index (Phi) is 7.04. The predicted octanol–water partition coefficient (Wildman–Crippen LogP) is 5.10. The van der Waals surface area contributed by atoms with E-state index < -0.39 is 5.91 Å². The fourth-order valence-electron chi connectivity index (χ4n) is 5.62. The molecule has 5 nitrogen and oxygen atoms in total. The highest BCUT2D eigenvalue weighted by Crippen LogP contribution is 2.36. The third-order valence-electron chi connectivity index (χ3n) is 7.65. The van der Waals surface area contributed by atoms with Crippen LogP contribution in [0.15, 0.2) is 36.5 Å². The molecule has 3 aromatic rings. The number of hydrogen-bond acceptors (Lipinski definition) is 3. The van der Waals surface area contributed by atoms with Gasteiger partial charge in [0.1, 0.15) is 18.2 Å². The Morgan fingerprint density at radius 1 is 1.11 bits per heavy atom. The molecule has 1 aromatic heterocycles. The van der Waals surface area contributed by atoms with E-state index in [-0.39, 0.29) is 18.5 Å². The maximum Gasteiger partial charge on any atom is 0.249 e. The molecule has 1 aliphatic carbocycles. The average molecular weight is 482 g/mol. The first-order valence-corrected chi connectivity index (χ1v) is 12.7. The molecule has 1 saturated carbocycles. The molecule has 186 valence electrons. The molecular weight excluding hydrogens is 448 g/mol. The largest absolute Gasteiger partial charge is 0.491 e. The zero-order valence-corrected chi connectivity index (χ0v) is 20.0. The highest BCUT2D eigenvalue weighted by molar-refractivity contribution is 5.95. The van der Waals surface area contributed by atoms with Gasteiger partial charge in [0.2, 0.25) is 5.91 Å². The normalized spacial score (nSPS) is 17.9. The smallest absolute Gasteiger partial charge is 0.249 e. The molecule has 1 amide bonds. The van der Waals surface area contributed by atoms with E-state index in [9.17, 15) is 13.6 Å². The van der Waals surface area contributed by atoms with Crippen molar-refractivity contribution in [1.82, 2.24) is 9.88 Å². The number of alkyl halides is 1. The molecular formula is C28H33F2N3O2. The number of fused-ring (bicyclic) bond motifs is 2. The molecule has 0 bridgehead atoms. The molecule has 3 N–H and O–H groups in total. The summed E-state index contributed by atoms with van der Waals surface area (Å²) in [6.07, 6.45) is 9.07. The van der Waals surface area contributed by atoms with Crippen LogP contribution in [0.4, 0.5) is 8.78 Å². The van der Waals surface area contributed by atoms with Crippen LogP contribution in [0.25, 0.3) is 10.9 Å². The van der Waals surface area contributed by atoms with Crippen molar-refractivity contribution in [1.29, 1.82) is 0 Å². The van der Waals surface area contributed by atoms with Gasteiger partial charge in [-0.15, -0.1) is 0 Å². The lowest BCUT2D eigenvalue weighted by Crippen LogP contribution is -2.51. The number of nitrogens with zero attached hydrogens (tertiary/aromatic N) is 1. The molecule has 0 radical (unpaired) electrons. The van der Waals surface area contributed by atoms with Crippen molar-refractivity contribution in [3.63, 3.8) is 0 Å². The summed E-state index contributed by atoms with van der Waals surface area (Å²) in [4.78, 5) is 18.0. The number of nitrogens with one attached hydrogen (secondary N) is 1. The Hall–Kier alpha value is -2.93. The van der Waals surface area contributed by atoms with E-state index in [1.165, 1.54) is 25.3 Å². The minimum atomic E-state index is -0.454. The number of aromatic nitrogens is 1. The molecule has 35 heavy (non-hydrogen) atoms. The Labute approximate surface area is 204 Å². The van der Waals surface area contributed by atoms with Crippen molar-refractivity contribution in [3.8, 4) is 5.75 Å². The van der Waals surface area contributed by atoms with Crippen LogP contribution in [0.1, 0.15) is 59.2 Å². The number of rotatable bonds is 10. The molecule has 1 fully saturated rings. The Bertz CT molecular complexity index is 1200. The number of carbonyl (C=O) groups excluding carboxylic acids is 1. The first-order valence-electron chi connectivity index (χ1n) is 12.7. The standard InChI is InChI=1S/C28H33F2N3O2/c29-12-2-4-18-8-10-23(28(31)34)25-15-22(17-35-27(18)25)33(21-6-1-7-21)13-3-5-19-16-32-26-11-9-20(30)14-24(19)26/h8-11,14,16,21-22,32H,1-7,12-13,15,17H2,(H2,31,34). The van der Waals surface area contributed by atoms with Crippen molar-refractivity contribution in [2.24, 2.45) is 5.73 Å². The highest BCUT2D eigenvalue weighted by Gasteiger charge is 2.35. The van der Waals surface area contributed by atoms with Gasteiger partial charge in [-0.1, -0.05) is 12.5 Å². The number of aryl methyl sites for hydroxylation is 2. The summed E-state index contributed by atoms with van der Waals surface area (Å²) in [5, 5.41) is 0.946. The summed E-state index contributed by atoms with van der Waals surface area (Å²) in [6, 6.07) is 9.14. The van der Waals surface area contributed by atoms with Crippen molar-refractivity contribution >= 4 is 16.8 Å². The number of H-pyrrole nitrogens is 1. The molecule has 0 saturated heterocycles. The number of ether oxygens (including phenoxy) is 1. The van der Waals surface area contributed by atoms with Crippen LogP contribution >= 0.6 is 0 Å². The second kappa shape index (κ2) is 10.4. The maximum absolute atomic E-state index is 13.8. The van der Waals surface area contributed by atoms with Crippen LogP contribution in [0.2, 0.25) is 0 Å². The SMILES string of the molecule is NC(=O)c1ccc(CCCF)c2c1CC(N(CCCc1c[nH]c3ccc(F)cc13)C1CCC1)CO2. The van der Waals surface area contributed by atoms with Crippen molar-refractivity contribution in [3.05, 3.63) is 64.6 Å². The van der Waals surface area contributed by atoms with Crippen molar-refractivity contribution in [2.45, 2.75) is 63.5 Å². The molecule has 7 heteroatoms. The average Bonchev–Trinajstić information content (AvgIpc) is 3.22. The molecule has 5 rings (SSSR count). The molecule has 2 aliphatic rings. The van der Waals surface area contributed by atoms with E-state index in [2.05, 4.69) is 9.88 Å². The number of halogens is 2. The van der Waals surface area contributed by atoms with Gasteiger partial charge >= 0.3 is 0 Å². The lowest BCUT2D eigenvalue weighted by atomic mass is 9.87. The van der Waals surface area contributed by atoms with E-state index in [4.69, 9.17) is 10.5 Å². The number of aromatic amines is 1. The molecule has 1 unspecified atom stereocenters.